The minimum atomic E-state index is -0.131. The van der Waals surface area contributed by atoms with Crippen molar-refractivity contribution in [1.29, 1.82) is 0 Å². The molecule has 0 saturated carbocycles. The van der Waals surface area contributed by atoms with Gasteiger partial charge in [-0.1, -0.05) is 62.8 Å². The highest BCUT2D eigenvalue weighted by Gasteiger charge is 2.21. The summed E-state index contributed by atoms with van der Waals surface area (Å²) in [5.74, 6) is 0.234. The van der Waals surface area contributed by atoms with E-state index in [2.05, 4.69) is 12.2 Å². The molecule has 1 N–H and O–H groups in total. The fourth-order valence-corrected chi connectivity index (χ4v) is 3.36. The van der Waals surface area contributed by atoms with Crippen molar-refractivity contribution in [2.45, 2.75) is 45.4 Å². The lowest BCUT2D eigenvalue weighted by atomic mass is 10.1. The third kappa shape index (κ3) is 4.92. The van der Waals surface area contributed by atoms with Crippen LogP contribution in [0.3, 0.4) is 0 Å². The van der Waals surface area contributed by atoms with Gasteiger partial charge in [0.25, 0.3) is 0 Å². The summed E-state index contributed by atoms with van der Waals surface area (Å²) in [5.41, 5.74) is 2.08. The lowest BCUT2D eigenvalue weighted by Crippen LogP contribution is -2.07. The molecule has 3 aromatic rings. The molecule has 27 heavy (non-hydrogen) atoms. The Morgan fingerprint density at radius 1 is 0.963 bits per heavy atom. The standard InChI is InChI=1S/C23H26ClNO2/c1-2-3-4-5-6-9-16-25-21-19-10-7-8-11-20(19)27-23(21)22(26)17-12-14-18(24)15-13-17/h7-8,10-15,25H,2-6,9,16H2,1H3. The SMILES string of the molecule is CCCCCCCCNc1c(C(=O)c2ccc(Cl)cc2)oc2ccccc12. The van der Waals surface area contributed by atoms with Crippen LogP contribution in [-0.4, -0.2) is 12.3 Å². The van der Waals surface area contributed by atoms with Gasteiger partial charge < -0.3 is 9.73 Å². The van der Waals surface area contributed by atoms with Crippen LogP contribution in [0.2, 0.25) is 5.02 Å². The van der Waals surface area contributed by atoms with Gasteiger partial charge in [0.05, 0.1) is 5.69 Å². The molecule has 1 aromatic heterocycles. The number of para-hydroxylation sites is 1. The van der Waals surface area contributed by atoms with Crippen molar-refractivity contribution in [1.82, 2.24) is 0 Å². The van der Waals surface area contributed by atoms with Gasteiger partial charge in [-0.25, -0.2) is 0 Å². The highest BCUT2D eigenvalue weighted by atomic mass is 35.5. The van der Waals surface area contributed by atoms with Gasteiger partial charge >= 0.3 is 0 Å². The molecule has 0 aliphatic heterocycles. The van der Waals surface area contributed by atoms with Gasteiger partial charge in [0.2, 0.25) is 5.78 Å². The predicted molar refractivity (Wildman–Crippen MR) is 113 cm³/mol. The molecule has 0 bridgehead atoms. The van der Waals surface area contributed by atoms with Gasteiger partial charge in [0.1, 0.15) is 5.58 Å². The predicted octanol–water partition coefficient (Wildman–Crippen LogP) is 7.09. The fourth-order valence-electron chi connectivity index (χ4n) is 3.23. The molecule has 0 amide bonds. The van der Waals surface area contributed by atoms with Crippen molar-refractivity contribution >= 4 is 34.0 Å². The van der Waals surface area contributed by atoms with Gasteiger partial charge in [-0.3, -0.25) is 4.79 Å². The fraction of sp³-hybridized carbons (Fsp3) is 0.348. The number of hydrogen-bond donors (Lipinski definition) is 1. The number of ketones is 1. The van der Waals surface area contributed by atoms with Crippen LogP contribution in [0.4, 0.5) is 5.69 Å². The molecule has 0 atom stereocenters. The molecule has 0 aliphatic rings. The summed E-state index contributed by atoms with van der Waals surface area (Å²) in [6.45, 7) is 3.06. The molecule has 0 radical (unpaired) electrons. The molecule has 4 heteroatoms. The van der Waals surface area contributed by atoms with Gasteiger partial charge in [-0.05, 0) is 42.8 Å². The summed E-state index contributed by atoms with van der Waals surface area (Å²) in [6, 6.07) is 14.7. The van der Waals surface area contributed by atoms with Crippen LogP contribution >= 0.6 is 11.6 Å². The molecular weight excluding hydrogens is 358 g/mol. The molecule has 1 heterocycles. The summed E-state index contributed by atoms with van der Waals surface area (Å²) >= 11 is 5.94. The zero-order valence-corrected chi connectivity index (χ0v) is 16.5. The van der Waals surface area contributed by atoms with E-state index in [-0.39, 0.29) is 5.78 Å². The van der Waals surface area contributed by atoms with E-state index in [0.717, 1.165) is 29.6 Å². The molecule has 0 aliphatic carbocycles. The topological polar surface area (TPSA) is 42.2 Å². The molecule has 0 fully saturated rings. The van der Waals surface area contributed by atoms with Crippen LogP contribution in [-0.2, 0) is 0 Å². The summed E-state index contributed by atoms with van der Waals surface area (Å²) < 4.78 is 5.91. The first-order valence-electron chi connectivity index (χ1n) is 9.76. The Hall–Kier alpha value is -2.26. The highest BCUT2D eigenvalue weighted by Crippen LogP contribution is 2.32. The Morgan fingerprint density at radius 2 is 1.67 bits per heavy atom. The van der Waals surface area contributed by atoms with Crippen molar-refractivity contribution in [2.24, 2.45) is 0 Å². The monoisotopic (exact) mass is 383 g/mol. The Bertz CT molecular complexity index is 883. The van der Waals surface area contributed by atoms with Crippen LogP contribution in [0.1, 0.15) is 61.6 Å². The summed E-state index contributed by atoms with van der Waals surface area (Å²) in [4.78, 5) is 13.0. The lowest BCUT2D eigenvalue weighted by Gasteiger charge is -2.07. The highest BCUT2D eigenvalue weighted by molar-refractivity contribution is 6.30. The zero-order valence-electron chi connectivity index (χ0n) is 15.8. The number of hydrogen-bond acceptors (Lipinski definition) is 3. The first-order chi connectivity index (χ1) is 13.2. The average molecular weight is 384 g/mol. The van der Waals surface area contributed by atoms with Gasteiger partial charge in [0.15, 0.2) is 5.76 Å². The molecule has 142 valence electrons. The number of unbranched alkanes of at least 4 members (excludes halogenated alkanes) is 5. The maximum atomic E-state index is 13.0. The Balaban J connectivity index is 1.75. The molecule has 2 aromatic carbocycles. The summed E-state index contributed by atoms with van der Waals surface area (Å²) in [5, 5.41) is 5.00. The van der Waals surface area contributed by atoms with Crippen molar-refractivity contribution in [3.05, 3.63) is 64.9 Å². The Labute approximate surface area is 165 Å². The molecular formula is C23H26ClNO2. The van der Waals surface area contributed by atoms with Gasteiger partial charge in [-0.15, -0.1) is 0 Å². The van der Waals surface area contributed by atoms with Crippen molar-refractivity contribution in [3.63, 3.8) is 0 Å². The maximum Gasteiger partial charge on any atom is 0.230 e. The molecule has 3 rings (SSSR count). The summed E-state index contributed by atoms with van der Waals surface area (Å²) in [6.07, 6.45) is 7.40. The lowest BCUT2D eigenvalue weighted by molar-refractivity contribution is 0.101. The van der Waals surface area contributed by atoms with E-state index in [1.54, 1.807) is 24.3 Å². The van der Waals surface area contributed by atoms with E-state index in [0.29, 0.717) is 16.3 Å². The largest absolute Gasteiger partial charge is 0.450 e. The first-order valence-corrected chi connectivity index (χ1v) is 10.1. The number of carbonyl (C=O) groups excluding carboxylic acids is 1. The number of benzene rings is 2. The molecule has 3 nitrogen and oxygen atoms in total. The second kappa shape index (κ2) is 9.61. The molecule has 0 unspecified atom stereocenters. The normalized spacial score (nSPS) is 11.0. The number of anilines is 1. The quantitative estimate of drug-likeness (QED) is 0.300. The summed E-state index contributed by atoms with van der Waals surface area (Å²) in [7, 11) is 0. The molecule has 0 saturated heterocycles. The van der Waals surface area contributed by atoms with Crippen LogP contribution in [0.25, 0.3) is 11.0 Å². The van der Waals surface area contributed by atoms with Crippen LogP contribution in [0, 0.1) is 0 Å². The van der Waals surface area contributed by atoms with E-state index in [1.165, 1.54) is 32.1 Å². The maximum absolute atomic E-state index is 13.0. The zero-order chi connectivity index (χ0) is 19.1. The van der Waals surface area contributed by atoms with E-state index in [1.807, 2.05) is 24.3 Å². The van der Waals surface area contributed by atoms with Crippen LogP contribution in [0.5, 0.6) is 0 Å². The minimum absolute atomic E-state index is 0.131. The third-order valence-corrected chi connectivity index (χ3v) is 4.99. The van der Waals surface area contributed by atoms with Crippen molar-refractivity contribution in [3.8, 4) is 0 Å². The van der Waals surface area contributed by atoms with E-state index < -0.39 is 0 Å². The second-order valence-electron chi connectivity index (χ2n) is 6.83. The van der Waals surface area contributed by atoms with Gasteiger partial charge in [-0.2, -0.15) is 0 Å². The Morgan fingerprint density at radius 3 is 2.44 bits per heavy atom. The van der Waals surface area contributed by atoms with Crippen molar-refractivity contribution < 1.29 is 9.21 Å². The van der Waals surface area contributed by atoms with Crippen LogP contribution < -0.4 is 5.32 Å². The number of halogens is 1. The number of fused-ring (bicyclic) bond motifs is 1. The smallest absolute Gasteiger partial charge is 0.230 e. The minimum Gasteiger partial charge on any atom is -0.450 e. The molecule has 0 spiro atoms. The van der Waals surface area contributed by atoms with Gasteiger partial charge in [0, 0.05) is 22.5 Å². The third-order valence-electron chi connectivity index (χ3n) is 4.74. The van der Waals surface area contributed by atoms with E-state index >= 15 is 0 Å². The second-order valence-corrected chi connectivity index (χ2v) is 7.27. The van der Waals surface area contributed by atoms with E-state index in [4.69, 9.17) is 16.0 Å². The van der Waals surface area contributed by atoms with E-state index in [9.17, 15) is 4.79 Å². The van der Waals surface area contributed by atoms with Crippen LogP contribution in [0.15, 0.2) is 52.9 Å². The number of carbonyl (C=O) groups is 1. The number of nitrogens with one attached hydrogen (secondary N) is 1. The number of rotatable bonds is 10. The average Bonchev–Trinajstić information content (AvgIpc) is 3.06. The Kier molecular flexibility index (Phi) is 6.94. The first kappa shape index (κ1) is 19.5. The van der Waals surface area contributed by atoms with Crippen molar-refractivity contribution in [2.75, 3.05) is 11.9 Å². The number of furan rings is 1.